The van der Waals surface area contributed by atoms with Crippen LogP contribution in [0.2, 0.25) is 0 Å². The fourth-order valence-electron chi connectivity index (χ4n) is 8.29. The number of rotatable bonds is 37. The number of benzene rings is 2. The molecule has 0 spiro atoms. The summed E-state index contributed by atoms with van der Waals surface area (Å²) in [6.45, 7) is 3.93. The van der Waals surface area contributed by atoms with Gasteiger partial charge >= 0.3 is 5.97 Å². The Morgan fingerprint density at radius 2 is 1.21 bits per heavy atom. The average Bonchev–Trinajstić information content (AvgIpc) is 3.82. The highest BCUT2D eigenvalue weighted by molar-refractivity contribution is 7.98. The number of aromatic amines is 1. The number of nitrogens with two attached hydrogens (primary N) is 5. The fraction of sp³-hybridized carbons (Fsp3) is 0.519. The maximum Gasteiger partial charge on any atom is 0.326 e. The number of nitrogens with one attached hydrogen (secondary N) is 10. The number of aliphatic carboxylic acids is 1. The number of hydrogen-bond donors (Lipinski definition) is 17. The number of phenolic OH excluding ortho intramolecular Hbond substituents is 1. The molecule has 1 aromatic heterocycles. The summed E-state index contributed by atoms with van der Waals surface area (Å²) in [5.41, 5.74) is 30.0. The zero-order chi connectivity index (χ0) is 59.5. The SMILES string of the molecule is CC[C@H](C)[C@H](NC(=O)[C@H](CCSC)NC(=O)[C@H](CC(N)=O)NC(=O)[C@H](CCC(N)=O)NC(=O)[C@H](Cc1ccc(O)cc1)NC(=O)[C@H](Cc1c[nH]c2ccccc12)NC(=O)[C@@H](N)CCCCN)C(=O)N[C@@H](CCCNC(=N)N)C(=O)O. The molecule has 0 aliphatic heterocycles. The lowest BCUT2D eigenvalue weighted by Crippen LogP contribution is -2.61. The van der Waals surface area contributed by atoms with Crippen molar-refractivity contribution in [2.24, 2.45) is 34.6 Å². The number of para-hydroxylation sites is 1. The summed E-state index contributed by atoms with van der Waals surface area (Å²) < 4.78 is 0. The molecule has 3 rings (SSSR count). The summed E-state index contributed by atoms with van der Waals surface area (Å²) in [6.07, 6.45) is 3.19. The number of carbonyl (C=O) groups excluding carboxylic acids is 9. The van der Waals surface area contributed by atoms with Crippen LogP contribution in [0.4, 0.5) is 0 Å². The number of amides is 9. The van der Waals surface area contributed by atoms with Crippen LogP contribution < -0.4 is 71.2 Å². The molecule has 440 valence electrons. The average molecular weight is 1140 g/mol. The van der Waals surface area contributed by atoms with Crippen LogP contribution in [0, 0.1) is 11.3 Å². The summed E-state index contributed by atoms with van der Waals surface area (Å²) in [5.74, 6) is -10.4. The number of carboxylic acid groups (broad SMARTS) is 1. The number of aromatic nitrogens is 1. The second-order valence-corrected chi connectivity index (χ2v) is 20.3. The molecule has 3 aromatic rings. The van der Waals surface area contributed by atoms with Gasteiger partial charge in [-0.3, -0.25) is 48.6 Å². The number of H-pyrrole nitrogens is 1. The fourth-order valence-corrected chi connectivity index (χ4v) is 8.76. The standard InChI is InChI=1S/C52H79N15O12S/c1-4-28(2)43(50(77)63-37(51(78)79)13-9-22-59-52(57)58)67-46(73)36(20-23-80-3)62-49(76)40(26-42(56)70)66-45(72)35(18-19-41(55)69)61-47(74)38(24-29-14-16-31(68)17-15-29)65-48(75)39(64-44(71)33(54)11-7-8-21-53)25-30-27-60-34-12-6-5-10-32(30)34/h5-6,10,12,14-17,27-28,33,35-40,43,60,68H,4,7-9,11,13,18-26,53-54H2,1-3H3,(H2,55,69)(H2,56,70)(H,61,74)(H,62,76)(H,63,77)(H,64,71)(H,65,75)(H,66,72)(H,67,73)(H,78,79)(H4,57,58,59)/t28-,33-,35-,36-,37-,38-,39-,40-,43-/m0/s1. The van der Waals surface area contributed by atoms with Gasteiger partial charge in [0.05, 0.1) is 12.5 Å². The Morgan fingerprint density at radius 3 is 1.81 bits per heavy atom. The number of fused-ring (bicyclic) bond motifs is 1. The Hall–Kier alpha value is -7.98. The molecule has 28 heteroatoms. The van der Waals surface area contributed by atoms with E-state index < -0.39 is 133 Å². The quantitative estimate of drug-likeness (QED) is 0.0165. The summed E-state index contributed by atoms with van der Waals surface area (Å²) in [5, 5.41) is 48.4. The first-order valence-electron chi connectivity index (χ1n) is 26.3. The number of guanidine groups is 1. The topological polar surface area (TPSA) is 477 Å². The molecule has 0 saturated heterocycles. The highest BCUT2D eigenvalue weighted by Gasteiger charge is 2.36. The minimum Gasteiger partial charge on any atom is -0.508 e. The van der Waals surface area contributed by atoms with Crippen molar-refractivity contribution in [2.45, 2.75) is 139 Å². The normalized spacial score (nSPS) is 14.5. The van der Waals surface area contributed by atoms with Gasteiger partial charge in [0.2, 0.25) is 53.2 Å². The zero-order valence-corrected chi connectivity index (χ0v) is 46.1. The predicted octanol–water partition coefficient (Wildman–Crippen LogP) is -2.20. The van der Waals surface area contributed by atoms with E-state index in [1.807, 2.05) is 18.2 Å². The highest BCUT2D eigenvalue weighted by Crippen LogP contribution is 2.20. The Morgan fingerprint density at radius 1 is 0.650 bits per heavy atom. The molecule has 9 amide bonds. The van der Waals surface area contributed by atoms with Crippen LogP contribution in [0.3, 0.4) is 0 Å². The van der Waals surface area contributed by atoms with Crippen LogP contribution in [0.1, 0.15) is 89.2 Å². The lowest BCUT2D eigenvalue weighted by Gasteiger charge is -2.29. The number of phenols is 1. The smallest absolute Gasteiger partial charge is 0.326 e. The summed E-state index contributed by atoms with van der Waals surface area (Å²) in [4.78, 5) is 139. The highest BCUT2D eigenvalue weighted by atomic mass is 32.2. The maximum atomic E-state index is 14.5. The van der Waals surface area contributed by atoms with E-state index in [0.29, 0.717) is 36.9 Å². The minimum atomic E-state index is -1.80. The molecule has 80 heavy (non-hydrogen) atoms. The first-order chi connectivity index (χ1) is 38.0. The summed E-state index contributed by atoms with van der Waals surface area (Å²) in [6, 6.07) is 1.51. The lowest BCUT2D eigenvalue weighted by molar-refractivity contribution is -0.143. The second kappa shape index (κ2) is 34.1. The van der Waals surface area contributed by atoms with Crippen molar-refractivity contribution in [3.63, 3.8) is 0 Å². The molecule has 1 heterocycles. The monoisotopic (exact) mass is 1140 g/mol. The van der Waals surface area contributed by atoms with E-state index in [9.17, 15) is 58.2 Å². The Bertz CT molecular complexity index is 2600. The first kappa shape index (κ1) is 66.3. The summed E-state index contributed by atoms with van der Waals surface area (Å²) in [7, 11) is 0. The number of primary amides is 2. The summed E-state index contributed by atoms with van der Waals surface area (Å²) >= 11 is 1.31. The van der Waals surface area contributed by atoms with Gasteiger partial charge in [-0.05, 0) is 92.3 Å². The van der Waals surface area contributed by atoms with Crippen molar-refractivity contribution < 1.29 is 58.2 Å². The van der Waals surface area contributed by atoms with Crippen molar-refractivity contribution in [1.29, 1.82) is 5.41 Å². The number of thioether (sulfide) groups is 1. The molecule has 0 saturated carbocycles. The molecule has 2 aromatic carbocycles. The van der Waals surface area contributed by atoms with Crippen molar-refractivity contribution >= 4 is 87.8 Å². The van der Waals surface area contributed by atoms with Gasteiger partial charge in [-0.2, -0.15) is 11.8 Å². The van der Waals surface area contributed by atoms with Gasteiger partial charge in [0.25, 0.3) is 0 Å². The predicted molar refractivity (Wildman–Crippen MR) is 300 cm³/mol. The third-order valence-electron chi connectivity index (χ3n) is 13.0. The van der Waals surface area contributed by atoms with E-state index in [2.05, 4.69) is 47.5 Å². The molecule has 27 nitrogen and oxygen atoms in total. The Kier molecular flexibility index (Phi) is 28.3. The molecule has 9 atom stereocenters. The van der Waals surface area contributed by atoms with Crippen LogP contribution in [0.5, 0.6) is 5.75 Å². The first-order valence-corrected chi connectivity index (χ1v) is 27.6. The molecule has 0 aliphatic rings. The van der Waals surface area contributed by atoms with E-state index in [1.165, 1.54) is 36.0 Å². The molecule has 0 fully saturated rings. The number of unbranched alkanes of at least 4 members (excludes halogenated alkanes) is 1. The molecule has 22 N–H and O–H groups in total. The van der Waals surface area contributed by atoms with E-state index in [0.717, 1.165) is 10.9 Å². The van der Waals surface area contributed by atoms with Crippen LogP contribution in [0.15, 0.2) is 54.7 Å². The van der Waals surface area contributed by atoms with Gasteiger partial charge in [-0.15, -0.1) is 0 Å². The number of carbonyl (C=O) groups is 10. The van der Waals surface area contributed by atoms with Gasteiger partial charge in [-0.1, -0.05) is 57.0 Å². The largest absolute Gasteiger partial charge is 0.508 e. The molecule has 0 unspecified atom stereocenters. The van der Waals surface area contributed by atoms with Crippen LogP contribution in [0.25, 0.3) is 10.9 Å². The maximum absolute atomic E-state index is 14.5. The molecular weight excluding hydrogens is 1060 g/mol. The van der Waals surface area contributed by atoms with Gasteiger partial charge in [0.15, 0.2) is 5.96 Å². The molecule has 0 bridgehead atoms. The Balaban J connectivity index is 1.95. The van der Waals surface area contributed by atoms with E-state index in [-0.39, 0.29) is 62.5 Å². The molecule has 0 aliphatic carbocycles. The van der Waals surface area contributed by atoms with Gasteiger partial charge in [-0.25, -0.2) is 4.79 Å². The van der Waals surface area contributed by atoms with Crippen LogP contribution >= 0.6 is 11.8 Å². The number of aromatic hydroxyl groups is 1. The van der Waals surface area contributed by atoms with E-state index >= 15 is 0 Å². The zero-order valence-electron chi connectivity index (χ0n) is 45.3. The van der Waals surface area contributed by atoms with E-state index in [1.54, 1.807) is 32.4 Å². The minimum absolute atomic E-state index is 0.0366. The van der Waals surface area contributed by atoms with Crippen molar-refractivity contribution in [1.82, 2.24) is 47.5 Å². The second-order valence-electron chi connectivity index (χ2n) is 19.3. The number of carboxylic acids is 1. The third kappa shape index (κ3) is 22.8. The van der Waals surface area contributed by atoms with Crippen molar-refractivity contribution in [3.05, 3.63) is 65.9 Å². The van der Waals surface area contributed by atoms with Crippen molar-refractivity contribution in [3.8, 4) is 5.75 Å². The third-order valence-corrected chi connectivity index (χ3v) is 13.7. The van der Waals surface area contributed by atoms with Gasteiger partial charge in [0.1, 0.15) is 48.0 Å². The van der Waals surface area contributed by atoms with E-state index in [4.69, 9.17) is 34.1 Å². The molecular formula is C52H79N15O12S. The van der Waals surface area contributed by atoms with Crippen molar-refractivity contribution in [2.75, 3.05) is 25.1 Å². The van der Waals surface area contributed by atoms with Crippen LogP contribution in [-0.4, -0.2) is 154 Å². The van der Waals surface area contributed by atoms with Gasteiger partial charge < -0.3 is 86.4 Å². The Labute approximate surface area is 467 Å². The number of hydrogen-bond acceptors (Lipinski definition) is 15. The molecule has 0 radical (unpaired) electrons. The lowest BCUT2D eigenvalue weighted by atomic mass is 9.97. The van der Waals surface area contributed by atoms with Gasteiger partial charge in [0, 0.05) is 42.9 Å². The van der Waals surface area contributed by atoms with Crippen LogP contribution in [-0.2, 0) is 60.8 Å².